The summed E-state index contributed by atoms with van der Waals surface area (Å²) in [4.78, 5) is 14.6. The van der Waals surface area contributed by atoms with Gasteiger partial charge in [0.25, 0.3) is 10.0 Å². The quantitative estimate of drug-likeness (QED) is 0.554. The van der Waals surface area contributed by atoms with Crippen molar-refractivity contribution in [3.05, 3.63) is 54.4 Å². The number of aliphatic imine (C=N–C) groups is 1. The number of pyridine rings is 1. The summed E-state index contributed by atoms with van der Waals surface area (Å²) in [7, 11) is -2.91. The third kappa shape index (κ3) is 4.59. The molecule has 174 valence electrons. The lowest BCUT2D eigenvalue weighted by Crippen LogP contribution is -2.41. The second-order valence-electron chi connectivity index (χ2n) is 8.10. The lowest BCUT2D eigenvalue weighted by molar-refractivity contribution is 0.302. The molecule has 0 bridgehead atoms. The van der Waals surface area contributed by atoms with Crippen LogP contribution in [0, 0.1) is 0 Å². The Kier molecular flexibility index (Phi) is 6.30. The molecular weight excluding hydrogens is 478 g/mol. The van der Waals surface area contributed by atoms with E-state index in [-0.39, 0.29) is 5.03 Å². The Bertz CT molecular complexity index is 1310. The zero-order valence-corrected chi connectivity index (χ0v) is 20.6. The van der Waals surface area contributed by atoms with Gasteiger partial charge in [-0.1, -0.05) is 30.0 Å². The number of aromatic nitrogens is 2. The molecule has 5 rings (SSSR count). The van der Waals surface area contributed by atoms with Crippen LogP contribution in [0.3, 0.4) is 0 Å². The first kappa shape index (κ1) is 22.6. The normalized spacial score (nSPS) is 20.3. The molecule has 33 heavy (non-hydrogen) atoms. The van der Waals surface area contributed by atoms with Gasteiger partial charge >= 0.3 is 0 Å². The van der Waals surface area contributed by atoms with E-state index in [0.717, 1.165) is 59.3 Å². The molecule has 0 amide bonds. The number of hydrogen-bond donors (Lipinski definition) is 1. The van der Waals surface area contributed by atoms with Gasteiger partial charge in [-0.25, -0.2) is 4.98 Å². The highest BCUT2D eigenvalue weighted by Gasteiger charge is 2.27. The van der Waals surface area contributed by atoms with Gasteiger partial charge < -0.3 is 9.88 Å². The molecule has 0 saturated carbocycles. The average molecular weight is 504 g/mol. The largest absolute Gasteiger partial charge is 0.351 e. The molecule has 4 heterocycles. The van der Waals surface area contributed by atoms with Gasteiger partial charge in [0.2, 0.25) is 0 Å². The van der Waals surface area contributed by atoms with Crippen molar-refractivity contribution in [3.8, 4) is 0 Å². The van der Waals surface area contributed by atoms with Gasteiger partial charge in [0, 0.05) is 65.8 Å². The van der Waals surface area contributed by atoms with Gasteiger partial charge in [-0.15, -0.1) is 0 Å². The molecule has 2 aromatic heterocycles. The van der Waals surface area contributed by atoms with Crippen LogP contribution in [0.4, 0.5) is 5.69 Å². The summed E-state index contributed by atoms with van der Waals surface area (Å²) in [5.41, 5.74) is 2.21. The summed E-state index contributed by atoms with van der Waals surface area (Å²) in [6.45, 7) is 3.44. The Balaban J connectivity index is 1.36. The van der Waals surface area contributed by atoms with Crippen LogP contribution in [-0.4, -0.2) is 82.5 Å². The van der Waals surface area contributed by atoms with E-state index in [1.807, 2.05) is 18.2 Å². The molecule has 8 nitrogen and oxygen atoms in total. The summed E-state index contributed by atoms with van der Waals surface area (Å²) in [5, 5.41) is 2.25. The first-order valence-electron chi connectivity index (χ1n) is 10.7. The van der Waals surface area contributed by atoms with Crippen molar-refractivity contribution in [3.63, 3.8) is 0 Å². The summed E-state index contributed by atoms with van der Waals surface area (Å²) in [5.74, 6) is 1.51. The number of rotatable bonds is 6. The van der Waals surface area contributed by atoms with E-state index in [9.17, 15) is 12.6 Å². The molecule has 0 spiro atoms. The van der Waals surface area contributed by atoms with E-state index in [4.69, 9.17) is 4.99 Å². The standard InChI is InChI=1S/C22H25N5O3S3/c1-26(33(29,30)20-7-2-3-8-23-20)19-6-4-5-16-13-18(25-21(16)19)22-24-14-17(31-22)15-27-9-11-32(28)12-10-27/h2-8,13,17,25H,9-12,14-15H2,1H3. The summed E-state index contributed by atoms with van der Waals surface area (Å²) in [6, 6.07) is 12.5. The smallest absolute Gasteiger partial charge is 0.281 e. The second kappa shape index (κ2) is 9.21. The van der Waals surface area contributed by atoms with Crippen molar-refractivity contribution < 1.29 is 12.6 Å². The number of fused-ring (bicyclic) bond motifs is 1. The van der Waals surface area contributed by atoms with Crippen molar-refractivity contribution in [2.45, 2.75) is 10.3 Å². The van der Waals surface area contributed by atoms with Gasteiger partial charge in [0.05, 0.1) is 23.4 Å². The summed E-state index contributed by atoms with van der Waals surface area (Å²) in [6.07, 6.45) is 1.48. The molecule has 2 aliphatic heterocycles. The second-order valence-corrected chi connectivity index (χ2v) is 13.0. The van der Waals surface area contributed by atoms with Crippen LogP contribution in [-0.2, 0) is 20.8 Å². The van der Waals surface area contributed by atoms with E-state index >= 15 is 0 Å². The Labute approximate surface area is 200 Å². The zero-order valence-electron chi connectivity index (χ0n) is 18.2. The molecule has 1 N–H and O–H groups in total. The van der Waals surface area contributed by atoms with Gasteiger partial charge in [-0.3, -0.25) is 13.5 Å². The number of nitrogens with zero attached hydrogens (tertiary/aromatic N) is 4. The van der Waals surface area contributed by atoms with Crippen LogP contribution in [0.1, 0.15) is 5.69 Å². The van der Waals surface area contributed by atoms with Crippen LogP contribution in [0.2, 0.25) is 0 Å². The van der Waals surface area contributed by atoms with E-state index in [1.165, 1.54) is 16.6 Å². The molecule has 2 aliphatic rings. The topological polar surface area (TPSA) is 98.7 Å². The molecule has 1 atom stereocenters. The number of anilines is 1. The van der Waals surface area contributed by atoms with E-state index in [1.54, 1.807) is 37.0 Å². The van der Waals surface area contributed by atoms with E-state index in [2.05, 4.69) is 14.9 Å². The Morgan fingerprint density at radius 1 is 1.21 bits per heavy atom. The Morgan fingerprint density at radius 3 is 2.79 bits per heavy atom. The number of thioether (sulfide) groups is 1. The number of benzene rings is 1. The van der Waals surface area contributed by atoms with E-state index in [0.29, 0.717) is 10.9 Å². The number of sulfonamides is 1. The van der Waals surface area contributed by atoms with Crippen molar-refractivity contribution >= 4 is 54.2 Å². The maximum atomic E-state index is 13.1. The number of aromatic amines is 1. The number of para-hydroxylation sites is 1. The predicted octanol–water partition coefficient (Wildman–Crippen LogP) is 2.31. The first-order chi connectivity index (χ1) is 15.9. The first-order valence-corrected chi connectivity index (χ1v) is 14.5. The van der Waals surface area contributed by atoms with Crippen LogP contribution in [0.15, 0.2) is 58.7 Å². The minimum absolute atomic E-state index is 0.0105. The zero-order chi connectivity index (χ0) is 23.0. The molecule has 1 fully saturated rings. The van der Waals surface area contributed by atoms with Crippen LogP contribution in [0.25, 0.3) is 10.9 Å². The highest BCUT2D eigenvalue weighted by atomic mass is 32.2. The Hall–Kier alpha value is -2.21. The average Bonchev–Trinajstić information content (AvgIpc) is 3.47. The lowest BCUT2D eigenvalue weighted by Gasteiger charge is -2.27. The molecule has 11 heteroatoms. The van der Waals surface area contributed by atoms with Crippen molar-refractivity contribution in [2.24, 2.45) is 4.99 Å². The fourth-order valence-electron chi connectivity index (χ4n) is 4.09. The van der Waals surface area contributed by atoms with E-state index < -0.39 is 20.8 Å². The third-order valence-corrected chi connectivity index (χ3v) is 10.1. The number of hydrogen-bond acceptors (Lipinski definition) is 7. The van der Waals surface area contributed by atoms with Gasteiger partial charge in [0.15, 0.2) is 5.03 Å². The fraction of sp³-hybridized carbons (Fsp3) is 0.364. The predicted molar refractivity (Wildman–Crippen MR) is 135 cm³/mol. The van der Waals surface area contributed by atoms with Gasteiger partial charge in [-0.2, -0.15) is 8.42 Å². The molecular formula is C22H25N5O3S3. The molecule has 0 radical (unpaired) electrons. The molecule has 3 aromatic rings. The molecule has 0 aliphatic carbocycles. The number of H-pyrrole nitrogens is 1. The van der Waals surface area contributed by atoms with Crippen molar-refractivity contribution in [1.29, 1.82) is 0 Å². The molecule has 1 saturated heterocycles. The lowest BCUT2D eigenvalue weighted by atomic mass is 10.2. The summed E-state index contributed by atoms with van der Waals surface area (Å²) >= 11 is 1.75. The molecule has 1 unspecified atom stereocenters. The summed E-state index contributed by atoms with van der Waals surface area (Å²) < 4.78 is 39.0. The highest BCUT2D eigenvalue weighted by Crippen LogP contribution is 2.33. The highest BCUT2D eigenvalue weighted by molar-refractivity contribution is 8.15. The van der Waals surface area contributed by atoms with Crippen LogP contribution < -0.4 is 4.31 Å². The fourth-order valence-corrected chi connectivity index (χ4v) is 7.49. The molecule has 1 aromatic carbocycles. The minimum atomic E-state index is -3.78. The van der Waals surface area contributed by atoms with Gasteiger partial charge in [-0.05, 0) is 24.3 Å². The van der Waals surface area contributed by atoms with Crippen molar-refractivity contribution in [2.75, 3.05) is 49.0 Å². The van der Waals surface area contributed by atoms with Gasteiger partial charge in [0.1, 0.15) is 5.04 Å². The maximum absolute atomic E-state index is 13.1. The monoisotopic (exact) mass is 503 g/mol. The maximum Gasteiger partial charge on any atom is 0.281 e. The Morgan fingerprint density at radius 2 is 2.03 bits per heavy atom. The van der Waals surface area contributed by atoms with Crippen LogP contribution >= 0.6 is 11.8 Å². The van der Waals surface area contributed by atoms with Crippen molar-refractivity contribution in [1.82, 2.24) is 14.9 Å². The van der Waals surface area contributed by atoms with Crippen LogP contribution in [0.5, 0.6) is 0 Å². The SMILES string of the molecule is CN(c1cccc2cc(C3=NCC(CN4CCS(=O)CC4)S3)[nH]c12)S(=O)(=O)c1ccccn1. The minimum Gasteiger partial charge on any atom is -0.351 e. The third-order valence-electron chi connectivity index (χ3n) is 5.92. The number of nitrogens with one attached hydrogen (secondary N) is 1.